The van der Waals surface area contributed by atoms with Crippen LogP contribution in [-0.4, -0.2) is 28.2 Å². The predicted molar refractivity (Wildman–Crippen MR) is 83.6 cm³/mol. The van der Waals surface area contributed by atoms with Crippen LogP contribution in [0.1, 0.15) is 45.6 Å². The number of benzene rings is 1. The van der Waals surface area contributed by atoms with Gasteiger partial charge in [-0.2, -0.15) is 5.06 Å². The molecule has 1 unspecified atom stereocenters. The minimum absolute atomic E-state index is 0.190. The Morgan fingerprint density at radius 3 is 2.95 bits per heavy atom. The smallest absolute Gasteiger partial charge is 0.120 e. The Labute approximate surface area is 126 Å². The van der Waals surface area contributed by atoms with Crippen molar-refractivity contribution in [3.05, 3.63) is 23.8 Å². The molecule has 1 aliphatic rings. The molecule has 20 heavy (non-hydrogen) atoms. The van der Waals surface area contributed by atoms with Crippen molar-refractivity contribution in [3.63, 3.8) is 0 Å². The number of hydrogen-bond donors (Lipinski definition) is 1. The maximum atomic E-state index is 10.2. The third-order valence-corrected chi connectivity index (χ3v) is 4.73. The summed E-state index contributed by atoms with van der Waals surface area (Å²) in [6.07, 6.45) is 3.59. The first kappa shape index (κ1) is 15.7. The van der Waals surface area contributed by atoms with Crippen molar-refractivity contribution in [2.75, 3.05) is 5.75 Å². The Morgan fingerprint density at radius 1 is 1.45 bits per heavy atom. The molecular formula is C16H25NO2S. The normalized spacial score (nSPS) is 19.8. The van der Waals surface area contributed by atoms with Crippen LogP contribution in [-0.2, 0) is 6.54 Å². The first-order valence-electron chi connectivity index (χ1n) is 7.48. The number of hydrogen-bond acceptors (Lipinski definition) is 4. The van der Waals surface area contributed by atoms with Crippen molar-refractivity contribution in [1.82, 2.24) is 5.06 Å². The number of hydroxylamine groups is 2. The van der Waals surface area contributed by atoms with Crippen molar-refractivity contribution >= 4 is 11.8 Å². The molecule has 112 valence electrons. The highest BCUT2D eigenvalue weighted by Crippen LogP contribution is 2.33. The summed E-state index contributed by atoms with van der Waals surface area (Å²) in [4.78, 5) is 1.24. The van der Waals surface area contributed by atoms with Crippen molar-refractivity contribution in [2.45, 2.75) is 63.6 Å². The van der Waals surface area contributed by atoms with Crippen molar-refractivity contribution < 1.29 is 9.94 Å². The third kappa shape index (κ3) is 4.14. The zero-order valence-electron chi connectivity index (χ0n) is 12.6. The molecule has 0 aliphatic carbocycles. The molecule has 1 aromatic rings. The summed E-state index contributed by atoms with van der Waals surface area (Å²) in [5.41, 5.74) is 1.19. The van der Waals surface area contributed by atoms with E-state index in [0.29, 0.717) is 6.54 Å². The fraction of sp³-hybridized carbons (Fsp3) is 0.625. The second kappa shape index (κ2) is 7.34. The highest BCUT2D eigenvalue weighted by atomic mass is 32.2. The van der Waals surface area contributed by atoms with Gasteiger partial charge in [-0.05, 0) is 38.0 Å². The molecule has 1 aliphatic heterocycles. The second-order valence-corrected chi connectivity index (χ2v) is 6.70. The molecule has 0 saturated carbocycles. The van der Waals surface area contributed by atoms with E-state index in [1.54, 1.807) is 0 Å². The van der Waals surface area contributed by atoms with Crippen LogP contribution in [0, 0.1) is 0 Å². The number of ether oxygens (including phenoxy) is 1. The lowest BCUT2D eigenvalue weighted by molar-refractivity contribution is -0.130. The molecule has 0 radical (unpaired) electrons. The summed E-state index contributed by atoms with van der Waals surface area (Å²) in [5, 5.41) is 11.7. The van der Waals surface area contributed by atoms with Crippen molar-refractivity contribution in [3.8, 4) is 5.75 Å². The van der Waals surface area contributed by atoms with E-state index in [0.717, 1.165) is 17.9 Å². The molecule has 0 spiro atoms. The zero-order valence-corrected chi connectivity index (χ0v) is 13.4. The molecule has 2 rings (SSSR count). The lowest BCUT2D eigenvalue weighted by Crippen LogP contribution is -2.32. The van der Waals surface area contributed by atoms with Gasteiger partial charge in [-0.1, -0.05) is 25.8 Å². The number of nitrogens with zero attached hydrogens (tertiary/aromatic N) is 1. The molecule has 0 bridgehead atoms. The zero-order chi connectivity index (χ0) is 14.5. The van der Waals surface area contributed by atoms with Gasteiger partial charge in [0.25, 0.3) is 0 Å². The van der Waals surface area contributed by atoms with E-state index in [-0.39, 0.29) is 12.1 Å². The quantitative estimate of drug-likeness (QED) is 0.876. The minimum atomic E-state index is 0.190. The predicted octanol–water partition coefficient (Wildman–Crippen LogP) is 4.33. The van der Waals surface area contributed by atoms with Crippen LogP contribution < -0.4 is 4.74 Å². The van der Waals surface area contributed by atoms with Crippen LogP contribution in [0.2, 0.25) is 0 Å². The summed E-state index contributed by atoms with van der Waals surface area (Å²) in [7, 11) is 0. The molecule has 0 aromatic heterocycles. The molecule has 1 aromatic carbocycles. The van der Waals surface area contributed by atoms with Crippen LogP contribution in [0.3, 0.4) is 0 Å². The Bertz CT molecular complexity index is 436. The fourth-order valence-corrected chi connectivity index (χ4v) is 3.62. The van der Waals surface area contributed by atoms with Crippen LogP contribution in [0.25, 0.3) is 0 Å². The van der Waals surface area contributed by atoms with Crippen LogP contribution >= 0.6 is 11.8 Å². The molecule has 3 nitrogen and oxygen atoms in total. The number of unbranched alkanes of at least 4 members (excludes halogenated alkanes) is 1. The van der Waals surface area contributed by atoms with Gasteiger partial charge < -0.3 is 9.94 Å². The van der Waals surface area contributed by atoms with E-state index in [1.807, 2.05) is 31.7 Å². The van der Waals surface area contributed by atoms with Gasteiger partial charge in [-0.25, -0.2) is 0 Å². The molecule has 4 heteroatoms. The average molecular weight is 295 g/mol. The SMILES string of the molecule is CCCCC1CSc2cc(OC(C)C)ccc2CN1O. The summed E-state index contributed by atoms with van der Waals surface area (Å²) >= 11 is 1.83. The van der Waals surface area contributed by atoms with Gasteiger partial charge in [0.1, 0.15) is 5.75 Å². The van der Waals surface area contributed by atoms with E-state index in [4.69, 9.17) is 4.74 Å². The number of thioether (sulfide) groups is 1. The van der Waals surface area contributed by atoms with E-state index in [9.17, 15) is 5.21 Å². The number of fused-ring (bicyclic) bond motifs is 1. The van der Waals surface area contributed by atoms with Crippen LogP contribution in [0.4, 0.5) is 0 Å². The van der Waals surface area contributed by atoms with Gasteiger partial charge in [-0.3, -0.25) is 0 Å². The molecular weight excluding hydrogens is 270 g/mol. The van der Waals surface area contributed by atoms with Crippen molar-refractivity contribution in [1.29, 1.82) is 0 Å². The largest absolute Gasteiger partial charge is 0.491 e. The first-order chi connectivity index (χ1) is 9.60. The maximum absolute atomic E-state index is 10.2. The Morgan fingerprint density at radius 2 is 2.25 bits per heavy atom. The Balaban J connectivity index is 2.09. The van der Waals surface area contributed by atoms with Crippen molar-refractivity contribution in [2.24, 2.45) is 0 Å². The summed E-state index contributed by atoms with van der Waals surface area (Å²) in [6.45, 7) is 6.87. The van der Waals surface area contributed by atoms with Crippen LogP contribution in [0.5, 0.6) is 5.75 Å². The van der Waals surface area contributed by atoms with Gasteiger partial charge in [-0.15, -0.1) is 11.8 Å². The van der Waals surface area contributed by atoms with Gasteiger partial charge >= 0.3 is 0 Å². The Hall–Kier alpha value is -0.710. The van der Waals surface area contributed by atoms with Gasteiger partial charge in [0.05, 0.1) is 12.6 Å². The highest BCUT2D eigenvalue weighted by Gasteiger charge is 2.22. The summed E-state index contributed by atoms with van der Waals surface area (Å²) in [5.74, 6) is 1.86. The topological polar surface area (TPSA) is 32.7 Å². The Kier molecular flexibility index (Phi) is 5.75. The van der Waals surface area contributed by atoms with E-state index in [2.05, 4.69) is 19.1 Å². The van der Waals surface area contributed by atoms with Gasteiger partial charge in [0.15, 0.2) is 0 Å². The summed E-state index contributed by atoms with van der Waals surface area (Å²) in [6, 6.07) is 6.43. The molecule has 0 saturated heterocycles. The standard InChI is InChI=1S/C16H25NO2S/c1-4-5-6-14-11-20-16-9-15(19-12(2)3)8-7-13(16)10-17(14)18/h7-9,12,14,18H,4-6,10-11H2,1-3H3. The maximum Gasteiger partial charge on any atom is 0.120 e. The second-order valence-electron chi connectivity index (χ2n) is 5.64. The van der Waals surface area contributed by atoms with Crippen LogP contribution in [0.15, 0.2) is 23.1 Å². The van der Waals surface area contributed by atoms with E-state index < -0.39 is 0 Å². The third-order valence-electron chi connectivity index (χ3n) is 3.49. The highest BCUT2D eigenvalue weighted by molar-refractivity contribution is 7.99. The lowest BCUT2D eigenvalue weighted by Gasteiger charge is -2.22. The fourth-order valence-electron chi connectivity index (χ4n) is 2.39. The monoisotopic (exact) mass is 295 g/mol. The molecule has 0 amide bonds. The molecule has 1 atom stereocenters. The summed E-state index contributed by atoms with van der Waals surface area (Å²) < 4.78 is 5.75. The molecule has 1 heterocycles. The minimum Gasteiger partial charge on any atom is -0.491 e. The molecule has 0 fully saturated rings. The van der Waals surface area contributed by atoms with E-state index in [1.165, 1.54) is 28.4 Å². The van der Waals surface area contributed by atoms with Gasteiger partial charge in [0.2, 0.25) is 0 Å². The molecule has 1 N–H and O–H groups in total. The first-order valence-corrected chi connectivity index (χ1v) is 8.46. The average Bonchev–Trinajstić information content (AvgIpc) is 2.55. The number of rotatable bonds is 5. The van der Waals surface area contributed by atoms with Gasteiger partial charge in [0, 0.05) is 16.7 Å². The lowest BCUT2D eigenvalue weighted by atomic mass is 10.1. The van der Waals surface area contributed by atoms with E-state index >= 15 is 0 Å².